The molecule has 1 heteroatoms. The summed E-state index contributed by atoms with van der Waals surface area (Å²) in [7, 11) is 0. The van der Waals surface area contributed by atoms with Crippen molar-refractivity contribution in [3.05, 3.63) is 96.2 Å². The van der Waals surface area contributed by atoms with Crippen LogP contribution in [0.2, 0.25) is 0 Å². The van der Waals surface area contributed by atoms with Crippen LogP contribution in [0.15, 0.2) is 74.0 Å². The van der Waals surface area contributed by atoms with Gasteiger partial charge in [-0.1, -0.05) is 96.9 Å². The van der Waals surface area contributed by atoms with Crippen LogP contribution in [0, 0.1) is 12.3 Å². The molecule has 0 radical (unpaired) electrons. The number of aryl methyl sites for hydroxylation is 1. The van der Waals surface area contributed by atoms with E-state index in [0.717, 1.165) is 31.5 Å². The summed E-state index contributed by atoms with van der Waals surface area (Å²) < 4.78 is 0. The summed E-state index contributed by atoms with van der Waals surface area (Å²) >= 11 is 0. The maximum absolute atomic E-state index is 5.42. The molecule has 3 rings (SSSR count). The van der Waals surface area contributed by atoms with Crippen molar-refractivity contribution in [2.45, 2.75) is 73.8 Å². The summed E-state index contributed by atoms with van der Waals surface area (Å²) in [5, 5.41) is 0. The van der Waals surface area contributed by atoms with Crippen molar-refractivity contribution in [1.29, 1.82) is 0 Å². The van der Waals surface area contributed by atoms with Gasteiger partial charge < -0.3 is 4.90 Å². The van der Waals surface area contributed by atoms with Gasteiger partial charge in [-0.15, -0.1) is 19.6 Å². The summed E-state index contributed by atoms with van der Waals surface area (Å²) in [6.07, 6.45) is 12.2. The third-order valence-corrected chi connectivity index (χ3v) is 4.56. The number of benzene rings is 2. The Morgan fingerprint density at radius 3 is 1.87 bits per heavy atom. The van der Waals surface area contributed by atoms with Gasteiger partial charge in [0.25, 0.3) is 0 Å². The Balaban J connectivity index is 0. The Kier molecular flexibility index (Phi) is 20.2. The molecule has 1 aliphatic heterocycles. The van der Waals surface area contributed by atoms with Gasteiger partial charge in [0.2, 0.25) is 0 Å². The highest BCUT2D eigenvalue weighted by atomic mass is 15.1. The van der Waals surface area contributed by atoms with Crippen LogP contribution in [0.5, 0.6) is 0 Å². The first-order valence-electron chi connectivity index (χ1n) is 11.8. The van der Waals surface area contributed by atoms with Gasteiger partial charge >= 0.3 is 0 Å². The number of terminal acetylenes is 1. The minimum absolute atomic E-state index is 0.580. The Labute approximate surface area is 193 Å². The lowest BCUT2D eigenvalue weighted by atomic mass is 9.92. The van der Waals surface area contributed by atoms with Crippen LogP contribution in [0.1, 0.15) is 83.1 Å². The molecule has 2 aromatic rings. The van der Waals surface area contributed by atoms with E-state index in [1.807, 2.05) is 53.7 Å². The average molecular weight is 420 g/mol. The molecule has 0 aliphatic carbocycles. The van der Waals surface area contributed by atoms with Crippen molar-refractivity contribution in [3.8, 4) is 12.3 Å². The first kappa shape index (κ1) is 30.5. The van der Waals surface area contributed by atoms with Gasteiger partial charge in [-0.2, -0.15) is 0 Å². The zero-order chi connectivity index (χ0) is 24.1. The SMILES string of the molecule is C#Cc1ccc(CN2C=CCC(c3ccc(CC)cc3)C2)cc1.C=C.CC.CC.CC. The van der Waals surface area contributed by atoms with Crippen LogP contribution >= 0.6 is 0 Å². The lowest BCUT2D eigenvalue weighted by molar-refractivity contribution is 0.323. The van der Waals surface area contributed by atoms with Crippen molar-refractivity contribution in [2.24, 2.45) is 0 Å². The highest BCUT2D eigenvalue weighted by molar-refractivity contribution is 5.34. The summed E-state index contributed by atoms with van der Waals surface area (Å²) in [6.45, 7) is 22.2. The molecule has 1 aliphatic rings. The van der Waals surface area contributed by atoms with Crippen LogP contribution in [0.4, 0.5) is 0 Å². The predicted molar refractivity (Wildman–Crippen MR) is 142 cm³/mol. The highest BCUT2D eigenvalue weighted by Gasteiger charge is 2.17. The van der Waals surface area contributed by atoms with Gasteiger partial charge in [0, 0.05) is 24.6 Å². The molecule has 2 aromatic carbocycles. The van der Waals surface area contributed by atoms with Gasteiger partial charge in [0.15, 0.2) is 0 Å². The molecule has 0 aromatic heterocycles. The molecular weight excluding hydrogens is 374 g/mol. The molecule has 0 saturated carbocycles. The second-order valence-electron chi connectivity index (χ2n) is 6.18. The van der Waals surface area contributed by atoms with Gasteiger partial charge in [-0.3, -0.25) is 0 Å². The quantitative estimate of drug-likeness (QED) is 0.354. The minimum atomic E-state index is 0.580. The Hall–Kier alpha value is -2.72. The van der Waals surface area contributed by atoms with Crippen molar-refractivity contribution in [3.63, 3.8) is 0 Å². The predicted octanol–water partition coefficient (Wildman–Crippen LogP) is 8.61. The second-order valence-corrected chi connectivity index (χ2v) is 6.18. The fraction of sp³-hybridized carbons (Fsp3) is 0.400. The van der Waals surface area contributed by atoms with E-state index in [0.29, 0.717) is 5.92 Å². The number of rotatable bonds is 4. The zero-order valence-corrected chi connectivity index (χ0v) is 21.1. The van der Waals surface area contributed by atoms with E-state index in [1.165, 1.54) is 16.7 Å². The maximum atomic E-state index is 5.42. The largest absolute Gasteiger partial charge is 0.373 e. The Morgan fingerprint density at radius 1 is 0.871 bits per heavy atom. The monoisotopic (exact) mass is 419 g/mol. The number of nitrogens with zero attached hydrogens (tertiary/aromatic N) is 1. The average Bonchev–Trinajstić information content (AvgIpc) is 2.89. The van der Waals surface area contributed by atoms with E-state index in [2.05, 4.69) is 79.6 Å². The van der Waals surface area contributed by atoms with Gasteiger partial charge in [0.05, 0.1) is 0 Å². The van der Waals surface area contributed by atoms with Crippen LogP contribution in [-0.2, 0) is 13.0 Å². The zero-order valence-electron chi connectivity index (χ0n) is 21.1. The van der Waals surface area contributed by atoms with Crippen LogP contribution in [0.25, 0.3) is 0 Å². The minimum Gasteiger partial charge on any atom is -0.373 e. The molecule has 0 N–H and O–H groups in total. The Morgan fingerprint density at radius 2 is 1.39 bits per heavy atom. The summed E-state index contributed by atoms with van der Waals surface area (Å²) in [6, 6.07) is 17.4. The van der Waals surface area contributed by atoms with E-state index in [-0.39, 0.29) is 0 Å². The van der Waals surface area contributed by atoms with E-state index in [1.54, 1.807) is 0 Å². The van der Waals surface area contributed by atoms with Gasteiger partial charge in [0.1, 0.15) is 0 Å². The van der Waals surface area contributed by atoms with E-state index < -0.39 is 0 Å². The lowest BCUT2D eigenvalue weighted by Crippen LogP contribution is -2.26. The summed E-state index contributed by atoms with van der Waals surface area (Å²) in [5.41, 5.74) is 5.09. The third-order valence-electron chi connectivity index (χ3n) is 4.56. The van der Waals surface area contributed by atoms with Crippen molar-refractivity contribution in [1.82, 2.24) is 4.90 Å². The summed E-state index contributed by atoms with van der Waals surface area (Å²) in [5.74, 6) is 3.25. The molecule has 1 heterocycles. The molecule has 0 fully saturated rings. The number of allylic oxidation sites excluding steroid dienone is 1. The molecule has 170 valence electrons. The summed E-state index contributed by atoms with van der Waals surface area (Å²) in [4.78, 5) is 2.40. The third kappa shape index (κ3) is 11.3. The molecule has 1 unspecified atom stereocenters. The topological polar surface area (TPSA) is 3.24 Å². The molecule has 1 nitrogen and oxygen atoms in total. The van der Waals surface area contributed by atoms with Crippen molar-refractivity contribution >= 4 is 0 Å². The molecule has 0 saturated heterocycles. The van der Waals surface area contributed by atoms with Crippen LogP contribution in [-0.4, -0.2) is 11.4 Å². The smallest absolute Gasteiger partial charge is 0.0424 e. The standard InChI is InChI=1S/C22H23N.3C2H6.C2H4/c1-3-18-7-9-20(10-8-18)16-23-15-5-6-22(17-23)21-13-11-19(4-2)12-14-21;4*1-2/h1,5,7-15,22H,4,6,16-17H2,2H3;3*1-2H3;1-2H2. The number of hydrogen-bond acceptors (Lipinski definition) is 1. The molecule has 0 spiro atoms. The first-order chi connectivity index (χ1) is 15.3. The van der Waals surface area contributed by atoms with E-state index >= 15 is 0 Å². The lowest BCUT2D eigenvalue weighted by Gasteiger charge is -2.30. The molecule has 1 atom stereocenters. The van der Waals surface area contributed by atoms with Gasteiger partial charge in [-0.25, -0.2) is 0 Å². The first-order valence-corrected chi connectivity index (χ1v) is 11.8. The van der Waals surface area contributed by atoms with E-state index in [4.69, 9.17) is 6.42 Å². The van der Waals surface area contributed by atoms with Crippen LogP contribution in [0.3, 0.4) is 0 Å². The second kappa shape index (κ2) is 20.5. The number of hydrogen-bond donors (Lipinski definition) is 0. The van der Waals surface area contributed by atoms with Crippen molar-refractivity contribution < 1.29 is 0 Å². The highest BCUT2D eigenvalue weighted by Crippen LogP contribution is 2.26. The Bertz CT molecular complexity index is 717. The normalized spacial score (nSPS) is 13.4. The van der Waals surface area contributed by atoms with Crippen molar-refractivity contribution in [2.75, 3.05) is 6.54 Å². The van der Waals surface area contributed by atoms with Crippen LogP contribution < -0.4 is 0 Å². The molecular formula is C30H45N. The van der Waals surface area contributed by atoms with E-state index in [9.17, 15) is 0 Å². The maximum Gasteiger partial charge on any atom is 0.0424 e. The molecule has 0 amide bonds. The fourth-order valence-corrected chi connectivity index (χ4v) is 3.12. The molecule has 31 heavy (non-hydrogen) atoms. The fourth-order valence-electron chi connectivity index (χ4n) is 3.12. The molecule has 0 bridgehead atoms. The van der Waals surface area contributed by atoms with Gasteiger partial charge in [-0.05, 0) is 47.9 Å².